The number of benzene rings is 1. The van der Waals surface area contributed by atoms with Gasteiger partial charge in [-0.1, -0.05) is 19.1 Å². The maximum absolute atomic E-state index is 10.8. The molecular formula is C13H14O2S. The van der Waals surface area contributed by atoms with Crippen molar-refractivity contribution in [3.63, 3.8) is 0 Å². The van der Waals surface area contributed by atoms with Gasteiger partial charge in [-0.15, -0.1) is 11.3 Å². The minimum atomic E-state index is -0.732. The Kier molecular flexibility index (Phi) is 2.97. The lowest BCUT2D eigenvalue weighted by molar-refractivity contribution is -0.141. The molecule has 2 rings (SSSR count). The van der Waals surface area contributed by atoms with Crippen molar-refractivity contribution in [1.82, 2.24) is 0 Å². The third kappa shape index (κ3) is 2.09. The molecule has 1 heterocycles. The predicted molar refractivity (Wildman–Crippen MR) is 67.1 cm³/mol. The summed E-state index contributed by atoms with van der Waals surface area (Å²) >= 11 is 1.75. The van der Waals surface area contributed by atoms with E-state index in [9.17, 15) is 4.79 Å². The Bertz CT molecular complexity index is 528. The molecule has 1 N–H and O–H groups in total. The lowest BCUT2D eigenvalue weighted by Gasteiger charge is -2.07. The minimum Gasteiger partial charge on any atom is -0.481 e. The summed E-state index contributed by atoms with van der Waals surface area (Å²) < 4.78 is 1.24. The molecule has 1 atom stereocenters. The number of aryl methyl sites for hydroxylation is 1. The van der Waals surface area contributed by atoms with Crippen LogP contribution in [0.4, 0.5) is 0 Å². The molecule has 0 amide bonds. The summed E-state index contributed by atoms with van der Waals surface area (Å²) in [4.78, 5) is 12.1. The molecule has 1 unspecified atom stereocenters. The van der Waals surface area contributed by atoms with E-state index in [-0.39, 0.29) is 5.92 Å². The number of carbonyl (C=O) groups is 1. The van der Waals surface area contributed by atoms with Gasteiger partial charge in [-0.2, -0.15) is 0 Å². The fourth-order valence-electron chi connectivity index (χ4n) is 1.84. The molecule has 0 saturated carbocycles. The molecule has 2 nitrogen and oxygen atoms in total. The monoisotopic (exact) mass is 234 g/mol. The highest BCUT2D eigenvalue weighted by Gasteiger charge is 2.13. The van der Waals surface area contributed by atoms with E-state index in [1.54, 1.807) is 18.3 Å². The second-order valence-electron chi connectivity index (χ2n) is 4.13. The van der Waals surface area contributed by atoms with Crippen LogP contribution in [-0.4, -0.2) is 11.1 Å². The molecule has 3 heteroatoms. The molecule has 0 spiro atoms. The van der Waals surface area contributed by atoms with Crippen molar-refractivity contribution in [2.24, 2.45) is 5.92 Å². The van der Waals surface area contributed by atoms with E-state index in [1.165, 1.54) is 15.0 Å². The topological polar surface area (TPSA) is 37.3 Å². The van der Waals surface area contributed by atoms with Gasteiger partial charge in [0, 0.05) is 9.58 Å². The van der Waals surface area contributed by atoms with E-state index in [1.807, 2.05) is 12.1 Å². The number of thiophene rings is 1. The third-order valence-electron chi connectivity index (χ3n) is 2.72. The molecule has 0 radical (unpaired) electrons. The molecule has 2 aromatic rings. The first-order valence-corrected chi connectivity index (χ1v) is 6.10. The van der Waals surface area contributed by atoms with Crippen LogP contribution in [0.3, 0.4) is 0 Å². The molecule has 16 heavy (non-hydrogen) atoms. The average Bonchev–Trinajstić information content (AvgIpc) is 2.59. The second kappa shape index (κ2) is 4.26. The number of carboxylic acid groups (broad SMARTS) is 1. The first-order chi connectivity index (χ1) is 7.58. The number of hydrogen-bond donors (Lipinski definition) is 1. The number of carboxylic acids is 1. The normalized spacial score (nSPS) is 12.9. The van der Waals surface area contributed by atoms with Gasteiger partial charge in [0.25, 0.3) is 0 Å². The Balaban J connectivity index is 2.40. The standard InChI is InChI=1S/C13H14O2S/c1-8(13(14)15)6-10-4-3-5-12-11(10)7-9(2)16-12/h3-5,7-8H,6H2,1-2H3,(H,14,15). The summed E-state index contributed by atoms with van der Waals surface area (Å²) in [6.45, 7) is 3.83. The first-order valence-electron chi connectivity index (χ1n) is 5.29. The van der Waals surface area contributed by atoms with Crippen LogP contribution in [0.25, 0.3) is 10.1 Å². The van der Waals surface area contributed by atoms with Crippen molar-refractivity contribution in [3.05, 3.63) is 34.7 Å². The fourth-order valence-corrected chi connectivity index (χ4v) is 2.81. The summed E-state index contributed by atoms with van der Waals surface area (Å²) in [7, 11) is 0. The van der Waals surface area contributed by atoms with Gasteiger partial charge < -0.3 is 5.11 Å². The average molecular weight is 234 g/mol. The number of fused-ring (bicyclic) bond motifs is 1. The van der Waals surface area contributed by atoms with Crippen molar-refractivity contribution in [2.75, 3.05) is 0 Å². The molecule has 0 aliphatic rings. The van der Waals surface area contributed by atoms with Gasteiger partial charge in [-0.3, -0.25) is 4.79 Å². The largest absolute Gasteiger partial charge is 0.481 e. The molecular weight excluding hydrogens is 220 g/mol. The van der Waals surface area contributed by atoms with Crippen molar-refractivity contribution >= 4 is 27.4 Å². The summed E-state index contributed by atoms with van der Waals surface area (Å²) in [5.74, 6) is -1.06. The Morgan fingerprint density at radius 2 is 2.25 bits per heavy atom. The molecule has 1 aromatic heterocycles. The molecule has 0 bridgehead atoms. The highest BCUT2D eigenvalue weighted by atomic mass is 32.1. The third-order valence-corrected chi connectivity index (χ3v) is 3.74. The highest BCUT2D eigenvalue weighted by Crippen LogP contribution is 2.29. The molecule has 1 aromatic carbocycles. The zero-order valence-corrected chi connectivity index (χ0v) is 10.2. The maximum atomic E-state index is 10.8. The van der Waals surface area contributed by atoms with Crippen LogP contribution in [0, 0.1) is 12.8 Å². The molecule has 0 aliphatic carbocycles. The smallest absolute Gasteiger partial charge is 0.306 e. The fraction of sp³-hybridized carbons (Fsp3) is 0.308. The quantitative estimate of drug-likeness (QED) is 0.882. The van der Waals surface area contributed by atoms with Crippen LogP contribution in [0.2, 0.25) is 0 Å². The molecule has 0 saturated heterocycles. The van der Waals surface area contributed by atoms with Gasteiger partial charge in [0.15, 0.2) is 0 Å². The van der Waals surface area contributed by atoms with Crippen molar-refractivity contribution < 1.29 is 9.90 Å². The second-order valence-corrected chi connectivity index (χ2v) is 5.42. The van der Waals surface area contributed by atoms with Crippen LogP contribution in [-0.2, 0) is 11.2 Å². The number of hydrogen-bond acceptors (Lipinski definition) is 2. The first kappa shape index (κ1) is 11.1. The van der Waals surface area contributed by atoms with E-state index in [0.29, 0.717) is 6.42 Å². The van der Waals surface area contributed by atoms with Gasteiger partial charge in [-0.25, -0.2) is 0 Å². The zero-order valence-electron chi connectivity index (χ0n) is 9.36. The lowest BCUT2D eigenvalue weighted by Crippen LogP contribution is -2.12. The summed E-state index contributed by atoms with van der Waals surface area (Å²) in [6.07, 6.45) is 0.600. The summed E-state index contributed by atoms with van der Waals surface area (Å²) in [5.41, 5.74) is 1.14. The van der Waals surface area contributed by atoms with E-state index < -0.39 is 5.97 Å². The van der Waals surface area contributed by atoms with Crippen LogP contribution in [0.1, 0.15) is 17.4 Å². The Labute approximate surface area is 98.5 Å². The summed E-state index contributed by atoms with van der Waals surface area (Å²) in [5, 5.41) is 10.1. The van der Waals surface area contributed by atoms with Crippen LogP contribution in [0.15, 0.2) is 24.3 Å². The Morgan fingerprint density at radius 3 is 2.94 bits per heavy atom. The van der Waals surface area contributed by atoms with E-state index >= 15 is 0 Å². The zero-order chi connectivity index (χ0) is 11.7. The van der Waals surface area contributed by atoms with Gasteiger partial charge in [0.05, 0.1) is 5.92 Å². The van der Waals surface area contributed by atoms with Crippen molar-refractivity contribution in [1.29, 1.82) is 0 Å². The molecule has 0 aliphatic heterocycles. The van der Waals surface area contributed by atoms with Gasteiger partial charge >= 0.3 is 5.97 Å². The van der Waals surface area contributed by atoms with E-state index in [4.69, 9.17) is 5.11 Å². The van der Waals surface area contributed by atoms with Crippen molar-refractivity contribution in [3.8, 4) is 0 Å². The van der Waals surface area contributed by atoms with Crippen molar-refractivity contribution in [2.45, 2.75) is 20.3 Å². The van der Waals surface area contributed by atoms with Gasteiger partial charge in [0.1, 0.15) is 0 Å². The van der Waals surface area contributed by atoms with E-state index in [0.717, 1.165) is 5.56 Å². The molecule has 84 valence electrons. The van der Waals surface area contributed by atoms with E-state index in [2.05, 4.69) is 19.1 Å². The molecule has 0 fully saturated rings. The van der Waals surface area contributed by atoms with Crippen LogP contribution >= 0.6 is 11.3 Å². The minimum absolute atomic E-state index is 0.328. The predicted octanol–water partition coefficient (Wildman–Crippen LogP) is 3.47. The Morgan fingerprint density at radius 1 is 1.50 bits per heavy atom. The van der Waals surface area contributed by atoms with Crippen LogP contribution < -0.4 is 0 Å². The maximum Gasteiger partial charge on any atom is 0.306 e. The summed E-state index contributed by atoms with van der Waals surface area (Å²) in [6, 6.07) is 8.25. The highest BCUT2D eigenvalue weighted by molar-refractivity contribution is 7.19. The lowest BCUT2D eigenvalue weighted by atomic mass is 9.98. The van der Waals surface area contributed by atoms with Crippen LogP contribution in [0.5, 0.6) is 0 Å². The van der Waals surface area contributed by atoms with Gasteiger partial charge in [0.2, 0.25) is 0 Å². The van der Waals surface area contributed by atoms with Gasteiger partial charge in [-0.05, 0) is 36.4 Å². The number of rotatable bonds is 3. The Hall–Kier alpha value is -1.35. The SMILES string of the molecule is Cc1cc2c(CC(C)C(=O)O)cccc2s1. The number of aliphatic carboxylic acids is 1.